The molecule has 40 heavy (non-hydrogen) atoms. The van der Waals surface area contributed by atoms with E-state index in [4.69, 9.17) is 11.6 Å². The molecular weight excluding hydrogens is 585 g/mol. The first-order chi connectivity index (χ1) is 18.6. The van der Waals surface area contributed by atoms with Crippen molar-refractivity contribution in [1.82, 2.24) is 14.8 Å². The zero-order valence-electron chi connectivity index (χ0n) is 21.4. The number of nitrogens with zero attached hydrogens (tertiary/aromatic N) is 5. The minimum absolute atomic E-state index is 0.0392. The van der Waals surface area contributed by atoms with Crippen LogP contribution in [0.4, 0.5) is 38.3 Å². The molecule has 3 amide bonds. The number of sulfone groups is 1. The normalized spacial score (nSPS) is 19.8. The number of benzene rings is 1. The molecule has 0 radical (unpaired) electrons. The third-order valence-electron chi connectivity index (χ3n) is 6.81. The van der Waals surface area contributed by atoms with Gasteiger partial charge in [0.1, 0.15) is 22.7 Å². The van der Waals surface area contributed by atoms with Crippen molar-refractivity contribution in [2.24, 2.45) is 0 Å². The van der Waals surface area contributed by atoms with E-state index in [0.29, 0.717) is 6.07 Å². The molecule has 2 saturated heterocycles. The van der Waals surface area contributed by atoms with Gasteiger partial charge in [-0.05, 0) is 31.2 Å². The van der Waals surface area contributed by atoms with Gasteiger partial charge in [-0.1, -0.05) is 11.6 Å². The molecule has 4 rings (SSSR count). The van der Waals surface area contributed by atoms with Crippen molar-refractivity contribution in [2.45, 2.75) is 19.1 Å². The molecule has 218 valence electrons. The van der Waals surface area contributed by atoms with Gasteiger partial charge in [0.15, 0.2) is 15.7 Å². The topological polar surface area (TPSA) is 94.1 Å². The van der Waals surface area contributed by atoms with Crippen molar-refractivity contribution >= 4 is 44.9 Å². The summed E-state index contributed by atoms with van der Waals surface area (Å²) in [6.45, 7) is 1.82. The maximum Gasteiger partial charge on any atom is 0.416 e. The number of aromatic nitrogens is 1. The summed E-state index contributed by atoms with van der Waals surface area (Å²) in [7, 11) is -1.97. The Kier molecular flexibility index (Phi) is 8.30. The highest BCUT2D eigenvalue weighted by molar-refractivity contribution is 7.91. The Labute approximate surface area is 232 Å². The van der Waals surface area contributed by atoms with E-state index < -0.39 is 67.7 Å². The molecule has 0 bridgehead atoms. The molecule has 2 aliphatic rings. The van der Waals surface area contributed by atoms with Crippen LogP contribution in [0.1, 0.15) is 11.3 Å². The van der Waals surface area contributed by atoms with E-state index in [1.807, 2.05) is 4.90 Å². The fourth-order valence-electron chi connectivity index (χ4n) is 4.58. The first kappa shape index (κ1) is 29.9. The van der Waals surface area contributed by atoms with Crippen LogP contribution in [-0.4, -0.2) is 92.5 Å². The standard InChI is InChI=1S/C24H25ClF5N5O4S/c1-14-11-15(24(28,29)30)12-19(31-14)35-18(22(36)32(2)17-4-3-16(26)20(25)21(17)27)13-34(23(35)37)6-5-33-7-9-40(38,39)10-8-33/h3-4,11-12,18H,5-10,13H2,1-2H3/t18-/m0/s1. The number of pyridine rings is 1. The van der Waals surface area contributed by atoms with Crippen LogP contribution in [0.3, 0.4) is 0 Å². The van der Waals surface area contributed by atoms with E-state index >= 15 is 0 Å². The van der Waals surface area contributed by atoms with E-state index in [2.05, 4.69) is 4.98 Å². The summed E-state index contributed by atoms with van der Waals surface area (Å²) < 4.78 is 92.5. The van der Waals surface area contributed by atoms with Crippen LogP contribution in [-0.2, 0) is 20.8 Å². The second-order valence-corrected chi connectivity index (χ2v) is 12.2. The SMILES string of the molecule is Cc1cc(C(F)(F)F)cc(N2C(=O)N(CCN3CCS(=O)(=O)CC3)C[C@H]2C(=O)N(C)c2ccc(F)c(Cl)c2F)n1. The number of hydrogen-bond donors (Lipinski definition) is 0. The molecule has 16 heteroatoms. The molecule has 1 aromatic heterocycles. The van der Waals surface area contributed by atoms with Crippen molar-refractivity contribution in [3.05, 3.63) is 52.2 Å². The predicted octanol–water partition coefficient (Wildman–Crippen LogP) is 3.34. The minimum Gasteiger partial charge on any atom is -0.320 e. The number of carbonyl (C=O) groups excluding carboxylic acids is 2. The van der Waals surface area contributed by atoms with E-state index in [1.54, 1.807) is 0 Å². The van der Waals surface area contributed by atoms with E-state index in [0.717, 1.165) is 28.0 Å². The molecule has 0 N–H and O–H groups in total. The van der Waals surface area contributed by atoms with Gasteiger partial charge in [0.25, 0.3) is 5.91 Å². The van der Waals surface area contributed by atoms with Crippen LogP contribution < -0.4 is 9.80 Å². The van der Waals surface area contributed by atoms with Gasteiger partial charge < -0.3 is 9.80 Å². The number of likely N-dealkylation sites (N-methyl/N-ethyl adjacent to an activating group) is 1. The summed E-state index contributed by atoms with van der Waals surface area (Å²) in [5, 5.41) is -0.850. The molecule has 3 heterocycles. The number of amides is 3. The number of carbonyl (C=O) groups is 2. The molecule has 1 aromatic carbocycles. The molecule has 2 fully saturated rings. The maximum absolute atomic E-state index is 14.7. The summed E-state index contributed by atoms with van der Waals surface area (Å²) >= 11 is 5.65. The van der Waals surface area contributed by atoms with Crippen molar-refractivity contribution < 1.29 is 40.0 Å². The quantitative estimate of drug-likeness (QED) is 0.368. The van der Waals surface area contributed by atoms with Crippen LogP contribution in [0.25, 0.3) is 0 Å². The lowest BCUT2D eigenvalue weighted by Gasteiger charge is -2.28. The van der Waals surface area contributed by atoms with Gasteiger partial charge in [-0.15, -0.1) is 0 Å². The third-order valence-corrected chi connectivity index (χ3v) is 8.77. The lowest BCUT2D eigenvalue weighted by molar-refractivity contribution is -0.137. The van der Waals surface area contributed by atoms with Crippen molar-refractivity contribution in [1.29, 1.82) is 0 Å². The van der Waals surface area contributed by atoms with Gasteiger partial charge in [-0.2, -0.15) is 13.2 Å². The highest BCUT2D eigenvalue weighted by Crippen LogP contribution is 2.35. The van der Waals surface area contributed by atoms with Gasteiger partial charge in [-0.25, -0.2) is 27.0 Å². The largest absolute Gasteiger partial charge is 0.416 e. The number of aryl methyl sites for hydroxylation is 1. The number of anilines is 2. The van der Waals surface area contributed by atoms with E-state index in [1.165, 1.54) is 18.9 Å². The number of urea groups is 1. The Morgan fingerprint density at radius 1 is 1.15 bits per heavy atom. The van der Waals surface area contributed by atoms with Crippen LogP contribution in [0.15, 0.2) is 24.3 Å². The lowest BCUT2D eigenvalue weighted by Crippen LogP contribution is -2.47. The first-order valence-electron chi connectivity index (χ1n) is 12.1. The third kappa shape index (κ3) is 6.15. The van der Waals surface area contributed by atoms with Crippen molar-refractivity contribution in [3.8, 4) is 0 Å². The molecule has 9 nitrogen and oxygen atoms in total. The van der Waals surface area contributed by atoms with Crippen LogP contribution in [0.2, 0.25) is 5.02 Å². The zero-order chi connectivity index (χ0) is 29.6. The number of alkyl halides is 3. The first-order valence-corrected chi connectivity index (χ1v) is 14.3. The summed E-state index contributed by atoms with van der Waals surface area (Å²) in [5.41, 5.74) is -1.53. The fraction of sp³-hybridized carbons (Fsp3) is 0.458. The summed E-state index contributed by atoms with van der Waals surface area (Å²) in [6, 6.07) is 1.05. The summed E-state index contributed by atoms with van der Waals surface area (Å²) in [5.74, 6) is -3.66. The van der Waals surface area contributed by atoms with Gasteiger partial charge in [-0.3, -0.25) is 14.6 Å². The smallest absolute Gasteiger partial charge is 0.320 e. The molecule has 0 spiro atoms. The summed E-state index contributed by atoms with van der Waals surface area (Å²) in [4.78, 5) is 35.9. The Morgan fingerprint density at radius 3 is 2.42 bits per heavy atom. The van der Waals surface area contributed by atoms with Crippen LogP contribution in [0.5, 0.6) is 0 Å². The molecule has 1 atom stereocenters. The van der Waals surface area contributed by atoms with Gasteiger partial charge in [0, 0.05) is 38.9 Å². The second-order valence-electron chi connectivity index (χ2n) is 9.55. The van der Waals surface area contributed by atoms with Gasteiger partial charge in [0.2, 0.25) is 0 Å². The fourth-order valence-corrected chi connectivity index (χ4v) is 6.02. The highest BCUT2D eigenvalue weighted by Gasteiger charge is 2.45. The molecule has 0 saturated carbocycles. The highest BCUT2D eigenvalue weighted by atomic mass is 35.5. The minimum atomic E-state index is -4.76. The van der Waals surface area contributed by atoms with E-state index in [-0.39, 0.29) is 49.9 Å². The molecule has 2 aromatic rings. The lowest BCUT2D eigenvalue weighted by atomic mass is 10.1. The maximum atomic E-state index is 14.7. The van der Waals surface area contributed by atoms with Crippen molar-refractivity contribution in [3.63, 3.8) is 0 Å². The predicted molar refractivity (Wildman–Crippen MR) is 137 cm³/mol. The van der Waals surface area contributed by atoms with Gasteiger partial charge in [0.05, 0.1) is 29.3 Å². The number of rotatable bonds is 6. The Bertz CT molecular complexity index is 1430. The average molecular weight is 610 g/mol. The van der Waals surface area contributed by atoms with E-state index in [9.17, 15) is 40.0 Å². The monoisotopic (exact) mass is 609 g/mol. The number of halogens is 6. The Morgan fingerprint density at radius 2 is 1.80 bits per heavy atom. The van der Waals surface area contributed by atoms with Crippen molar-refractivity contribution in [2.75, 3.05) is 61.1 Å². The number of hydrogen-bond acceptors (Lipinski definition) is 6. The Hall–Kier alpha value is -3.04. The molecular formula is C24H25ClF5N5O4S. The van der Waals surface area contributed by atoms with Gasteiger partial charge >= 0.3 is 12.2 Å². The molecule has 0 aliphatic carbocycles. The van der Waals surface area contributed by atoms with Crippen LogP contribution in [0, 0.1) is 18.6 Å². The molecule has 0 unspecified atom stereocenters. The Balaban J connectivity index is 1.66. The second kappa shape index (κ2) is 11.1. The zero-order valence-corrected chi connectivity index (χ0v) is 23.0. The average Bonchev–Trinajstić information content (AvgIpc) is 3.21. The molecule has 2 aliphatic heterocycles. The summed E-state index contributed by atoms with van der Waals surface area (Å²) in [6.07, 6.45) is -4.76. The van der Waals surface area contributed by atoms with Crippen LogP contribution >= 0.6 is 11.6 Å².